The van der Waals surface area contributed by atoms with Crippen molar-refractivity contribution in [3.05, 3.63) is 29.3 Å². The van der Waals surface area contributed by atoms with Crippen LogP contribution >= 0.6 is 0 Å². The number of carbonyl (C=O) groups excluding carboxylic acids is 1. The second kappa shape index (κ2) is 17.5. The minimum atomic E-state index is -0.454. The average molecular weight is 406 g/mol. The van der Waals surface area contributed by atoms with Gasteiger partial charge in [-0.15, -0.1) is 0 Å². The lowest BCUT2D eigenvalue weighted by Gasteiger charge is -2.10. The Balaban J connectivity index is 1.91. The monoisotopic (exact) mass is 405 g/mol. The van der Waals surface area contributed by atoms with Gasteiger partial charge in [0.2, 0.25) is 0 Å². The second-order valence-corrected chi connectivity index (χ2v) is 8.05. The van der Waals surface area contributed by atoms with Gasteiger partial charge in [0, 0.05) is 5.56 Å². The molecule has 29 heavy (non-hydrogen) atoms. The number of hydrogen-bond acceptors (Lipinski definition) is 4. The first-order valence-corrected chi connectivity index (χ1v) is 11.8. The van der Waals surface area contributed by atoms with Gasteiger partial charge < -0.3 is 15.2 Å². The van der Waals surface area contributed by atoms with Crippen molar-refractivity contribution in [2.75, 3.05) is 26.3 Å². The van der Waals surface area contributed by atoms with Crippen LogP contribution in [0.4, 0.5) is 0 Å². The Hall–Kier alpha value is -1.39. The zero-order valence-electron chi connectivity index (χ0n) is 18.8. The molecule has 0 saturated carbocycles. The molecule has 0 aliphatic carbocycles. The fraction of sp³-hybridized carbons (Fsp3) is 0.720. The maximum absolute atomic E-state index is 11.5. The molecule has 1 aromatic carbocycles. The maximum Gasteiger partial charge on any atom is 0.188 e. The van der Waals surface area contributed by atoms with Crippen molar-refractivity contribution < 1.29 is 14.6 Å². The summed E-state index contributed by atoms with van der Waals surface area (Å²) in [5, 5.41) is 12.4. The third kappa shape index (κ3) is 12.7. The van der Waals surface area contributed by atoms with Gasteiger partial charge in [0.25, 0.3) is 0 Å². The molecule has 1 aromatic rings. The maximum atomic E-state index is 11.5. The van der Waals surface area contributed by atoms with E-state index >= 15 is 0 Å². The molecule has 1 rings (SSSR count). The third-order valence-electron chi connectivity index (χ3n) is 5.35. The first kappa shape index (κ1) is 25.6. The van der Waals surface area contributed by atoms with Crippen molar-refractivity contribution >= 4 is 5.78 Å². The van der Waals surface area contributed by atoms with E-state index in [9.17, 15) is 4.79 Å². The fourth-order valence-electron chi connectivity index (χ4n) is 3.49. The largest absolute Gasteiger partial charge is 0.493 e. The number of Topliss-reactive ketones (excluding diaryl/α,β-unsaturated/α-hetero) is 1. The summed E-state index contributed by atoms with van der Waals surface area (Å²) in [5.74, 6) is 0.552. The van der Waals surface area contributed by atoms with Crippen molar-refractivity contribution in [2.45, 2.75) is 90.9 Å². The number of ketones is 1. The minimum Gasteiger partial charge on any atom is -0.493 e. The van der Waals surface area contributed by atoms with E-state index < -0.39 is 6.61 Å². The van der Waals surface area contributed by atoms with Gasteiger partial charge in [0.15, 0.2) is 5.78 Å². The molecule has 0 fully saturated rings. The molecule has 0 unspecified atom stereocenters. The van der Waals surface area contributed by atoms with E-state index in [4.69, 9.17) is 9.84 Å². The molecule has 0 radical (unpaired) electrons. The highest BCUT2D eigenvalue weighted by atomic mass is 16.5. The molecule has 4 heteroatoms. The average Bonchev–Trinajstić information content (AvgIpc) is 2.73. The zero-order valence-corrected chi connectivity index (χ0v) is 18.8. The molecule has 0 aromatic heterocycles. The van der Waals surface area contributed by atoms with Gasteiger partial charge in [-0.3, -0.25) is 4.79 Å². The predicted octanol–water partition coefficient (Wildman–Crippen LogP) is 5.84. The normalized spacial score (nSPS) is 11.0. The van der Waals surface area contributed by atoms with Crippen molar-refractivity contribution in [1.29, 1.82) is 0 Å². The highest BCUT2D eigenvalue weighted by Gasteiger charge is 2.07. The van der Waals surface area contributed by atoms with Crippen LogP contribution in [0.15, 0.2) is 18.2 Å². The summed E-state index contributed by atoms with van der Waals surface area (Å²) in [5.41, 5.74) is 1.46. The highest BCUT2D eigenvalue weighted by molar-refractivity contribution is 5.97. The molecule has 0 aliphatic heterocycles. The van der Waals surface area contributed by atoms with Gasteiger partial charge in [-0.1, -0.05) is 71.1 Å². The van der Waals surface area contributed by atoms with Crippen molar-refractivity contribution in [3.63, 3.8) is 0 Å². The number of nitrogens with one attached hydrogen (secondary N) is 1. The summed E-state index contributed by atoms with van der Waals surface area (Å²) < 4.78 is 5.80. The zero-order chi connectivity index (χ0) is 21.2. The summed E-state index contributed by atoms with van der Waals surface area (Å²) in [6.45, 7) is 6.47. The Morgan fingerprint density at radius 3 is 2.07 bits per heavy atom. The van der Waals surface area contributed by atoms with Gasteiger partial charge in [-0.25, -0.2) is 0 Å². The lowest BCUT2D eigenvalue weighted by molar-refractivity contribution is 0.0903. The van der Waals surface area contributed by atoms with E-state index in [2.05, 4.69) is 12.2 Å². The number of ether oxygens (including phenoxy) is 1. The molecule has 0 aliphatic rings. The lowest BCUT2D eigenvalue weighted by atomic mass is 10.1. The number of unbranched alkanes of at least 4 members (excludes halogenated alkanes) is 10. The first-order valence-electron chi connectivity index (χ1n) is 11.8. The molecular weight excluding hydrogens is 362 g/mol. The van der Waals surface area contributed by atoms with E-state index in [1.54, 1.807) is 12.1 Å². The van der Waals surface area contributed by atoms with Crippen LogP contribution in [0.2, 0.25) is 0 Å². The topological polar surface area (TPSA) is 58.6 Å². The number of aliphatic hydroxyl groups excluding tert-OH is 1. The third-order valence-corrected chi connectivity index (χ3v) is 5.35. The number of hydrogen-bond donors (Lipinski definition) is 2. The Morgan fingerprint density at radius 1 is 0.897 bits per heavy atom. The molecule has 0 bridgehead atoms. The van der Waals surface area contributed by atoms with Gasteiger partial charge in [0.05, 0.1) is 6.61 Å². The number of benzene rings is 1. The Morgan fingerprint density at radius 2 is 1.48 bits per heavy atom. The molecule has 0 heterocycles. The number of aliphatic hydroxyl groups is 1. The SMILES string of the molecule is CCCCCCCCCCCCCNCCCOc1ccc(C(=O)CO)cc1C. The van der Waals surface area contributed by atoms with Crippen LogP contribution in [0.3, 0.4) is 0 Å². The fourth-order valence-corrected chi connectivity index (χ4v) is 3.49. The van der Waals surface area contributed by atoms with Crippen LogP contribution in [-0.2, 0) is 0 Å². The quantitative estimate of drug-likeness (QED) is 0.224. The second-order valence-electron chi connectivity index (χ2n) is 8.05. The summed E-state index contributed by atoms with van der Waals surface area (Å²) in [7, 11) is 0. The lowest BCUT2D eigenvalue weighted by Crippen LogP contribution is -2.18. The molecular formula is C25H43NO3. The number of carbonyl (C=O) groups is 1. The minimum absolute atomic E-state index is 0.258. The summed E-state index contributed by atoms with van der Waals surface area (Å²) in [6, 6.07) is 5.31. The Labute approximate surface area is 178 Å². The van der Waals surface area contributed by atoms with Gasteiger partial charge in [-0.2, -0.15) is 0 Å². The van der Waals surface area contributed by atoms with Crippen LogP contribution in [0.25, 0.3) is 0 Å². The van der Waals surface area contributed by atoms with E-state index in [1.807, 2.05) is 13.0 Å². The van der Waals surface area contributed by atoms with Crippen molar-refractivity contribution in [1.82, 2.24) is 5.32 Å². The van der Waals surface area contributed by atoms with Gasteiger partial charge in [-0.05, 0) is 56.6 Å². The molecule has 4 nitrogen and oxygen atoms in total. The molecule has 166 valence electrons. The van der Waals surface area contributed by atoms with Crippen LogP contribution in [-0.4, -0.2) is 37.2 Å². The van der Waals surface area contributed by atoms with Crippen LogP contribution < -0.4 is 10.1 Å². The van der Waals surface area contributed by atoms with E-state index in [1.165, 1.54) is 70.6 Å². The van der Waals surface area contributed by atoms with Gasteiger partial charge >= 0.3 is 0 Å². The number of rotatable bonds is 19. The standard InChI is InChI=1S/C25H43NO3/c1-3-4-5-6-7-8-9-10-11-12-13-17-26-18-14-19-29-25-16-15-23(20-22(25)2)24(28)21-27/h15-16,20,26-27H,3-14,17-19,21H2,1-2H3. The number of aryl methyl sites for hydroxylation is 1. The first-order chi connectivity index (χ1) is 14.2. The molecule has 2 N–H and O–H groups in total. The smallest absolute Gasteiger partial charge is 0.188 e. The van der Waals surface area contributed by atoms with Gasteiger partial charge in [0.1, 0.15) is 12.4 Å². The Bertz CT molecular complexity index is 545. The van der Waals surface area contributed by atoms with Crippen LogP contribution in [0.1, 0.15) is 99.9 Å². The van der Waals surface area contributed by atoms with Crippen molar-refractivity contribution in [2.24, 2.45) is 0 Å². The van der Waals surface area contributed by atoms with Crippen LogP contribution in [0, 0.1) is 6.92 Å². The molecule has 0 atom stereocenters. The molecule has 0 saturated heterocycles. The highest BCUT2D eigenvalue weighted by Crippen LogP contribution is 2.19. The van der Waals surface area contributed by atoms with E-state index in [0.29, 0.717) is 12.2 Å². The molecule has 0 spiro atoms. The predicted molar refractivity (Wildman–Crippen MR) is 122 cm³/mol. The summed E-state index contributed by atoms with van der Waals surface area (Å²) >= 11 is 0. The van der Waals surface area contributed by atoms with E-state index in [-0.39, 0.29) is 5.78 Å². The van der Waals surface area contributed by atoms with Crippen molar-refractivity contribution in [3.8, 4) is 5.75 Å². The Kier molecular flexibility index (Phi) is 15.4. The van der Waals surface area contributed by atoms with E-state index in [0.717, 1.165) is 30.8 Å². The summed E-state index contributed by atoms with van der Waals surface area (Å²) in [6.07, 6.45) is 16.2. The summed E-state index contributed by atoms with van der Waals surface area (Å²) in [4.78, 5) is 11.5. The molecule has 0 amide bonds. The van der Waals surface area contributed by atoms with Crippen LogP contribution in [0.5, 0.6) is 5.75 Å².